The van der Waals surface area contributed by atoms with E-state index in [1.54, 1.807) is 25.1 Å². The van der Waals surface area contributed by atoms with E-state index in [1.165, 1.54) is 13.2 Å². The topological polar surface area (TPSA) is 64.3 Å². The van der Waals surface area contributed by atoms with Crippen molar-refractivity contribution >= 4 is 28.9 Å². The number of carbonyl (C=O) groups is 1. The molecule has 0 aliphatic heterocycles. The van der Waals surface area contributed by atoms with E-state index >= 15 is 0 Å². The number of nitrogens with two attached hydrogens (primary N) is 1. The monoisotopic (exact) mass is 308 g/mol. The maximum atomic E-state index is 13.6. The Labute approximate surface area is 126 Å². The van der Waals surface area contributed by atoms with Gasteiger partial charge in [0.2, 0.25) is 0 Å². The molecule has 0 bridgehead atoms. The summed E-state index contributed by atoms with van der Waals surface area (Å²) in [5, 5.41) is 2.99. The highest BCUT2D eigenvalue weighted by Gasteiger charge is 2.12. The van der Waals surface area contributed by atoms with Gasteiger partial charge in [0.15, 0.2) is 0 Å². The molecule has 2 aromatic rings. The van der Waals surface area contributed by atoms with Crippen LogP contribution in [0.25, 0.3) is 0 Å². The van der Waals surface area contributed by atoms with E-state index in [4.69, 9.17) is 22.1 Å². The number of hydrogen-bond acceptors (Lipinski definition) is 3. The summed E-state index contributed by atoms with van der Waals surface area (Å²) in [5.41, 5.74) is 6.82. The van der Waals surface area contributed by atoms with Crippen molar-refractivity contribution in [2.75, 3.05) is 18.2 Å². The van der Waals surface area contributed by atoms with Crippen molar-refractivity contribution in [2.45, 2.75) is 6.92 Å². The van der Waals surface area contributed by atoms with Gasteiger partial charge < -0.3 is 15.8 Å². The minimum absolute atomic E-state index is 0.141. The Morgan fingerprint density at radius 2 is 2.05 bits per heavy atom. The van der Waals surface area contributed by atoms with Gasteiger partial charge in [-0.25, -0.2) is 4.39 Å². The lowest BCUT2D eigenvalue weighted by molar-refractivity contribution is 0.102. The van der Waals surface area contributed by atoms with Crippen LogP contribution in [0.15, 0.2) is 30.3 Å². The fourth-order valence-corrected chi connectivity index (χ4v) is 2.04. The average Bonchev–Trinajstić information content (AvgIpc) is 2.44. The molecular formula is C15H14ClFN2O2. The Morgan fingerprint density at radius 1 is 1.33 bits per heavy atom. The van der Waals surface area contributed by atoms with Crippen LogP contribution in [0.3, 0.4) is 0 Å². The molecule has 1 amide bonds. The van der Waals surface area contributed by atoms with Crippen molar-refractivity contribution < 1.29 is 13.9 Å². The van der Waals surface area contributed by atoms with Crippen molar-refractivity contribution in [1.82, 2.24) is 0 Å². The second-order valence-electron chi connectivity index (χ2n) is 4.48. The highest BCUT2D eigenvalue weighted by Crippen LogP contribution is 2.27. The number of nitrogens with one attached hydrogen (secondary N) is 1. The molecule has 0 aliphatic carbocycles. The second-order valence-corrected chi connectivity index (χ2v) is 4.88. The van der Waals surface area contributed by atoms with Gasteiger partial charge in [0.05, 0.1) is 12.1 Å². The molecule has 0 aromatic heterocycles. The van der Waals surface area contributed by atoms with Crippen LogP contribution in [0.4, 0.5) is 15.8 Å². The standard InChI is InChI=1S/C15H14ClFN2O2/c1-8-12(17)5-9(6-13(8)18)15(20)19-10-3-4-14(21-2)11(16)7-10/h3-7H,18H2,1-2H3,(H,19,20). The highest BCUT2D eigenvalue weighted by atomic mass is 35.5. The molecule has 0 atom stereocenters. The molecule has 0 spiro atoms. The smallest absolute Gasteiger partial charge is 0.255 e. The zero-order chi connectivity index (χ0) is 15.6. The Bertz CT molecular complexity index is 681. The van der Waals surface area contributed by atoms with Gasteiger partial charge >= 0.3 is 0 Å². The molecule has 0 saturated carbocycles. The maximum Gasteiger partial charge on any atom is 0.255 e. The molecule has 6 heteroatoms. The van der Waals surface area contributed by atoms with Gasteiger partial charge in [-0.3, -0.25) is 4.79 Å². The molecule has 110 valence electrons. The number of benzene rings is 2. The Kier molecular flexibility index (Phi) is 4.33. The zero-order valence-corrected chi connectivity index (χ0v) is 12.3. The summed E-state index contributed by atoms with van der Waals surface area (Å²) in [6.07, 6.45) is 0. The number of hydrogen-bond donors (Lipinski definition) is 2. The highest BCUT2D eigenvalue weighted by molar-refractivity contribution is 6.32. The summed E-state index contributed by atoms with van der Waals surface area (Å²) in [6, 6.07) is 7.38. The Hall–Kier alpha value is -2.27. The number of methoxy groups -OCH3 is 1. The van der Waals surface area contributed by atoms with Gasteiger partial charge in [-0.05, 0) is 37.3 Å². The SMILES string of the molecule is COc1ccc(NC(=O)c2cc(N)c(C)c(F)c2)cc1Cl. The van der Waals surface area contributed by atoms with Gasteiger partial charge in [0, 0.05) is 22.5 Å². The van der Waals surface area contributed by atoms with Crippen LogP contribution in [0.5, 0.6) is 5.75 Å². The molecule has 0 saturated heterocycles. The number of ether oxygens (including phenoxy) is 1. The molecule has 0 fully saturated rings. The van der Waals surface area contributed by atoms with Crippen molar-refractivity contribution in [2.24, 2.45) is 0 Å². The van der Waals surface area contributed by atoms with E-state index in [9.17, 15) is 9.18 Å². The van der Waals surface area contributed by atoms with E-state index < -0.39 is 11.7 Å². The predicted octanol–water partition coefficient (Wildman–Crippen LogP) is 3.63. The van der Waals surface area contributed by atoms with E-state index in [1.807, 2.05) is 0 Å². The molecule has 2 rings (SSSR count). The first-order chi connectivity index (χ1) is 9.92. The molecule has 4 nitrogen and oxygen atoms in total. The molecule has 3 N–H and O–H groups in total. The van der Waals surface area contributed by atoms with Crippen molar-refractivity contribution in [1.29, 1.82) is 0 Å². The summed E-state index contributed by atoms with van der Waals surface area (Å²) in [5.74, 6) is -0.491. The summed E-state index contributed by atoms with van der Waals surface area (Å²) >= 11 is 5.97. The molecular weight excluding hydrogens is 295 g/mol. The summed E-state index contributed by atoms with van der Waals surface area (Å²) < 4.78 is 18.6. The van der Waals surface area contributed by atoms with Crippen LogP contribution in [0.2, 0.25) is 5.02 Å². The van der Waals surface area contributed by atoms with Crippen molar-refractivity contribution in [3.8, 4) is 5.75 Å². The van der Waals surface area contributed by atoms with Crippen LogP contribution in [0, 0.1) is 12.7 Å². The summed E-state index contributed by atoms with van der Waals surface area (Å²) in [4.78, 5) is 12.1. The molecule has 2 aromatic carbocycles. The third-order valence-corrected chi connectivity index (χ3v) is 3.35. The molecule has 0 heterocycles. The molecule has 21 heavy (non-hydrogen) atoms. The normalized spacial score (nSPS) is 10.3. The third-order valence-electron chi connectivity index (χ3n) is 3.06. The maximum absolute atomic E-state index is 13.6. The largest absolute Gasteiger partial charge is 0.495 e. The fraction of sp³-hybridized carbons (Fsp3) is 0.133. The number of halogens is 2. The van der Waals surface area contributed by atoms with E-state index in [2.05, 4.69) is 5.32 Å². The fourth-order valence-electron chi connectivity index (χ4n) is 1.78. The summed E-state index contributed by atoms with van der Waals surface area (Å²) in [6.45, 7) is 1.55. The Balaban J connectivity index is 2.24. The van der Waals surface area contributed by atoms with E-state index in [-0.39, 0.29) is 11.3 Å². The number of rotatable bonds is 3. The zero-order valence-electron chi connectivity index (χ0n) is 11.5. The lowest BCUT2D eigenvalue weighted by atomic mass is 10.1. The van der Waals surface area contributed by atoms with Gasteiger partial charge in [0.1, 0.15) is 11.6 Å². The molecule has 0 unspecified atom stereocenters. The van der Waals surface area contributed by atoms with Crippen molar-refractivity contribution in [3.05, 3.63) is 52.3 Å². The van der Waals surface area contributed by atoms with Crippen LogP contribution < -0.4 is 15.8 Å². The second kappa shape index (κ2) is 6.01. The van der Waals surface area contributed by atoms with Gasteiger partial charge in [0.25, 0.3) is 5.91 Å². The van der Waals surface area contributed by atoms with Crippen LogP contribution in [-0.2, 0) is 0 Å². The van der Waals surface area contributed by atoms with E-state index in [0.717, 1.165) is 6.07 Å². The number of carbonyl (C=O) groups excluding carboxylic acids is 1. The van der Waals surface area contributed by atoms with Gasteiger partial charge in [-0.1, -0.05) is 11.6 Å². The van der Waals surface area contributed by atoms with Crippen LogP contribution in [0.1, 0.15) is 15.9 Å². The third kappa shape index (κ3) is 3.25. The average molecular weight is 309 g/mol. The quantitative estimate of drug-likeness (QED) is 0.851. The predicted molar refractivity (Wildman–Crippen MR) is 81.5 cm³/mol. The first-order valence-electron chi connectivity index (χ1n) is 6.13. The minimum atomic E-state index is -0.520. The minimum Gasteiger partial charge on any atom is -0.495 e. The number of amides is 1. The summed E-state index contributed by atoms with van der Waals surface area (Å²) in [7, 11) is 1.50. The van der Waals surface area contributed by atoms with Crippen LogP contribution in [-0.4, -0.2) is 13.0 Å². The molecule has 0 aliphatic rings. The van der Waals surface area contributed by atoms with Gasteiger partial charge in [-0.15, -0.1) is 0 Å². The molecule has 0 radical (unpaired) electrons. The van der Waals surface area contributed by atoms with E-state index in [0.29, 0.717) is 22.0 Å². The van der Waals surface area contributed by atoms with Gasteiger partial charge in [-0.2, -0.15) is 0 Å². The Morgan fingerprint density at radius 3 is 2.62 bits per heavy atom. The number of nitrogen functional groups attached to an aromatic ring is 1. The lowest BCUT2D eigenvalue weighted by Gasteiger charge is -2.09. The first kappa shape index (κ1) is 15.1. The lowest BCUT2D eigenvalue weighted by Crippen LogP contribution is -2.13. The first-order valence-corrected chi connectivity index (χ1v) is 6.50. The van der Waals surface area contributed by atoms with Crippen molar-refractivity contribution in [3.63, 3.8) is 0 Å². The number of anilines is 2. The van der Waals surface area contributed by atoms with Crippen LogP contribution >= 0.6 is 11.6 Å².